The SMILES string of the molecule is CN(CC(O)COc1ccc(-c2ccccc2)cc1)C1CCCCC1. The summed E-state index contributed by atoms with van der Waals surface area (Å²) in [7, 11) is 2.12. The zero-order valence-corrected chi connectivity index (χ0v) is 15.1. The molecule has 1 N–H and O–H groups in total. The van der Waals surface area contributed by atoms with Gasteiger partial charge in [0.05, 0.1) is 0 Å². The number of ether oxygens (including phenoxy) is 1. The molecule has 3 rings (SSSR count). The molecule has 1 aliphatic rings. The Morgan fingerprint density at radius 1 is 0.960 bits per heavy atom. The molecule has 1 saturated carbocycles. The van der Waals surface area contributed by atoms with Crippen molar-refractivity contribution in [3.8, 4) is 16.9 Å². The summed E-state index contributed by atoms with van der Waals surface area (Å²) in [6, 6.07) is 19.0. The maximum atomic E-state index is 10.3. The van der Waals surface area contributed by atoms with E-state index in [-0.39, 0.29) is 0 Å². The van der Waals surface area contributed by atoms with Crippen molar-refractivity contribution in [2.75, 3.05) is 20.2 Å². The summed E-state index contributed by atoms with van der Waals surface area (Å²) >= 11 is 0. The van der Waals surface area contributed by atoms with Crippen LogP contribution in [0.3, 0.4) is 0 Å². The molecule has 1 fully saturated rings. The average molecular weight is 339 g/mol. The van der Waals surface area contributed by atoms with Gasteiger partial charge in [-0.05, 0) is 43.1 Å². The standard InChI is InChI=1S/C22H29NO2/c1-23(20-10-6-3-7-11-20)16-21(24)17-25-22-14-12-19(13-15-22)18-8-4-2-5-9-18/h2,4-5,8-9,12-15,20-21,24H,3,6-7,10-11,16-17H2,1H3. The lowest BCUT2D eigenvalue weighted by Crippen LogP contribution is -2.40. The van der Waals surface area contributed by atoms with Crippen LogP contribution < -0.4 is 4.74 Å². The Hall–Kier alpha value is -1.84. The molecular weight excluding hydrogens is 310 g/mol. The monoisotopic (exact) mass is 339 g/mol. The van der Waals surface area contributed by atoms with Crippen LogP contribution in [0, 0.1) is 0 Å². The second-order valence-electron chi connectivity index (χ2n) is 7.09. The first kappa shape index (κ1) is 18.0. The lowest BCUT2D eigenvalue weighted by atomic mass is 9.94. The van der Waals surface area contributed by atoms with Gasteiger partial charge in [0.2, 0.25) is 0 Å². The van der Waals surface area contributed by atoms with E-state index in [2.05, 4.69) is 36.2 Å². The highest BCUT2D eigenvalue weighted by Gasteiger charge is 2.20. The van der Waals surface area contributed by atoms with Gasteiger partial charge in [-0.25, -0.2) is 0 Å². The third-order valence-corrected chi connectivity index (χ3v) is 5.10. The first-order valence-electron chi connectivity index (χ1n) is 9.39. The van der Waals surface area contributed by atoms with Gasteiger partial charge in [0.25, 0.3) is 0 Å². The average Bonchev–Trinajstić information content (AvgIpc) is 2.68. The summed E-state index contributed by atoms with van der Waals surface area (Å²) in [6.45, 7) is 1.01. The molecule has 1 unspecified atom stereocenters. The third kappa shape index (κ3) is 5.32. The van der Waals surface area contributed by atoms with Gasteiger partial charge in [-0.15, -0.1) is 0 Å². The van der Waals surface area contributed by atoms with Gasteiger partial charge in [0.1, 0.15) is 18.5 Å². The van der Waals surface area contributed by atoms with E-state index in [9.17, 15) is 5.11 Å². The Kier molecular flexibility index (Phi) is 6.48. The lowest BCUT2D eigenvalue weighted by Gasteiger charge is -2.32. The van der Waals surface area contributed by atoms with E-state index in [0.717, 1.165) is 5.75 Å². The Morgan fingerprint density at radius 3 is 2.28 bits per heavy atom. The number of aliphatic hydroxyl groups is 1. The number of aliphatic hydroxyl groups excluding tert-OH is 1. The molecular formula is C22H29NO2. The quantitative estimate of drug-likeness (QED) is 0.813. The van der Waals surface area contributed by atoms with Gasteiger partial charge < -0.3 is 14.7 Å². The Labute approximate surface area is 151 Å². The van der Waals surface area contributed by atoms with Crippen LogP contribution in [0.5, 0.6) is 5.75 Å². The molecule has 1 atom stereocenters. The highest BCUT2D eigenvalue weighted by atomic mass is 16.5. The van der Waals surface area contributed by atoms with Crippen molar-refractivity contribution < 1.29 is 9.84 Å². The summed E-state index contributed by atoms with van der Waals surface area (Å²) in [4.78, 5) is 2.30. The molecule has 2 aromatic carbocycles. The molecule has 0 heterocycles. The molecule has 0 spiro atoms. The van der Waals surface area contributed by atoms with Crippen molar-refractivity contribution in [3.05, 3.63) is 54.6 Å². The number of hydrogen-bond donors (Lipinski definition) is 1. The minimum absolute atomic E-state index is 0.335. The van der Waals surface area contributed by atoms with Crippen LogP contribution in [-0.4, -0.2) is 42.4 Å². The molecule has 0 radical (unpaired) electrons. The van der Waals surface area contributed by atoms with Gasteiger partial charge in [-0.1, -0.05) is 61.7 Å². The Morgan fingerprint density at radius 2 is 1.60 bits per heavy atom. The van der Waals surface area contributed by atoms with Crippen LogP contribution in [0.15, 0.2) is 54.6 Å². The van der Waals surface area contributed by atoms with Crippen molar-refractivity contribution >= 4 is 0 Å². The summed E-state index contributed by atoms with van der Waals surface area (Å²) in [6.07, 6.45) is 6.04. The molecule has 2 aromatic rings. The summed E-state index contributed by atoms with van der Waals surface area (Å²) in [5.41, 5.74) is 2.37. The zero-order valence-electron chi connectivity index (χ0n) is 15.1. The van der Waals surface area contributed by atoms with E-state index in [4.69, 9.17) is 4.74 Å². The van der Waals surface area contributed by atoms with Crippen molar-refractivity contribution in [3.63, 3.8) is 0 Å². The minimum atomic E-state index is -0.458. The lowest BCUT2D eigenvalue weighted by molar-refractivity contribution is 0.0561. The summed E-state index contributed by atoms with van der Waals surface area (Å²) < 4.78 is 5.77. The largest absolute Gasteiger partial charge is 0.491 e. The van der Waals surface area contributed by atoms with Crippen molar-refractivity contribution in [1.29, 1.82) is 0 Å². The number of nitrogens with zero attached hydrogens (tertiary/aromatic N) is 1. The minimum Gasteiger partial charge on any atom is -0.491 e. The van der Waals surface area contributed by atoms with Crippen LogP contribution in [-0.2, 0) is 0 Å². The van der Waals surface area contributed by atoms with Gasteiger partial charge in [-0.2, -0.15) is 0 Å². The highest BCUT2D eigenvalue weighted by Crippen LogP contribution is 2.23. The fourth-order valence-electron chi connectivity index (χ4n) is 3.62. The van der Waals surface area contributed by atoms with Gasteiger partial charge in [0.15, 0.2) is 0 Å². The molecule has 3 heteroatoms. The van der Waals surface area contributed by atoms with Gasteiger partial charge >= 0.3 is 0 Å². The first-order valence-corrected chi connectivity index (χ1v) is 9.39. The molecule has 0 aliphatic heterocycles. The molecule has 25 heavy (non-hydrogen) atoms. The maximum absolute atomic E-state index is 10.3. The van der Waals surface area contributed by atoms with E-state index in [0.29, 0.717) is 19.2 Å². The van der Waals surface area contributed by atoms with Crippen LogP contribution in [0.25, 0.3) is 11.1 Å². The van der Waals surface area contributed by atoms with Crippen LogP contribution >= 0.6 is 0 Å². The number of hydrogen-bond acceptors (Lipinski definition) is 3. The van der Waals surface area contributed by atoms with Crippen LogP contribution in [0.4, 0.5) is 0 Å². The van der Waals surface area contributed by atoms with E-state index in [1.807, 2.05) is 30.3 Å². The number of likely N-dealkylation sites (N-methyl/N-ethyl adjacent to an activating group) is 1. The van der Waals surface area contributed by atoms with Gasteiger partial charge in [-0.3, -0.25) is 0 Å². The third-order valence-electron chi connectivity index (χ3n) is 5.10. The van der Waals surface area contributed by atoms with E-state index < -0.39 is 6.10 Å². The van der Waals surface area contributed by atoms with Gasteiger partial charge in [0, 0.05) is 12.6 Å². The molecule has 134 valence electrons. The highest BCUT2D eigenvalue weighted by molar-refractivity contribution is 5.63. The second-order valence-corrected chi connectivity index (χ2v) is 7.09. The van der Waals surface area contributed by atoms with Crippen molar-refractivity contribution in [2.24, 2.45) is 0 Å². The predicted molar refractivity (Wildman–Crippen MR) is 103 cm³/mol. The van der Waals surface area contributed by atoms with Crippen LogP contribution in [0.2, 0.25) is 0 Å². The molecule has 0 amide bonds. The topological polar surface area (TPSA) is 32.7 Å². The Balaban J connectivity index is 1.46. The van der Waals surface area contributed by atoms with E-state index in [1.165, 1.54) is 43.2 Å². The zero-order chi connectivity index (χ0) is 17.5. The predicted octanol–water partition coefficient (Wildman–Crippen LogP) is 4.36. The maximum Gasteiger partial charge on any atom is 0.119 e. The first-order chi connectivity index (χ1) is 12.2. The summed E-state index contributed by atoms with van der Waals surface area (Å²) in [5, 5.41) is 10.3. The number of benzene rings is 2. The smallest absolute Gasteiger partial charge is 0.119 e. The fourth-order valence-corrected chi connectivity index (χ4v) is 3.62. The van der Waals surface area contributed by atoms with Crippen molar-refractivity contribution in [2.45, 2.75) is 44.2 Å². The summed E-state index contributed by atoms with van der Waals surface area (Å²) in [5.74, 6) is 0.805. The molecule has 0 aromatic heterocycles. The molecule has 0 saturated heterocycles. The van der Waals surface area contributed by atoms with Crippen molar-refractivity contribution in [1.82, 2.24) is 4.90 Å². The molecule has 1 aliphatic carbocycles. The fraction of sp³-hybridized carbons (Fsp3) is 0.455. The normalized spacial score (nSPS) is 16.8. The Bertz CT molecular complexity index is 620. The molecule has 0 bridgehead atoms. The van der Waals surface area contributed by atoms with Crippen LogP contribution in [0.1, 0.15) is 32.1 Å². The molecule has 3 nitrogen and oxygen atoms in total. The number of rotatable bonds is 7. The second kappa shape index (κ2) is 9.02. The van der Waals surface area contributed by atoms with E-state index >= 15 is 0 Å². The van der Waals surface area contributed by atoms with E-state index in [1.54, 1.807) is 0 Å².